The van der Waals surface area contributed by atoms with E-state index >= 15 is 0 Å². The Morgan fingerprint density at radius 3 is 2.53 bits per heavy atom. The third-order valence-corrected chi connectivity index (χ3v) is 2.76. The second-order valence-electron chi connectivity index (χ2n) is 3.81. The highest BCUT2D eigenvalue weighted by Crippen LogP contribution is 2.20. The molecule has 0 fully saturated rings. The molecule has 1 rings (SSSR count). The highest BCUT2D eigenvalue weighted by molar-refractivity contribution is 5.34. The van der Waals surface area contributed by atoms with E-state index in [1.165, 1.54) is 11.1 Å². The number of aryl methyl sites for hydroxylation is 2. The largest absolute Gasteiger partial charge is 0.387 e. The highest BCUT2D eigenvalue weighted by Gasteiger charge is 2.10. The van der Waals surface area contributed by atoms with E-state index in [0.29, 0.717) is 6.54 Å². The van der Waals surface area contributed by atoms with Gasteiger partial charge in [0, 0.05) is 6.54 Å². The predicted molar refractivity (Wildman–Crippen MR) is 64.1 cm³/mol. The van der Waals surface area contributed by atoms with Crippen LogP contribution in [0.25, 0.3) is 0 Å². The number of rotatable bonds is 5. The Balaban J connectivity index is 3.00. The SMILES string of the molecule is CCc1ccc(CC)c(C(O)CNC)c1. The molecule has 15 heavy (non-hydrogen) atoms. The molecule has 2 N–H and O–H groups in total. The summed E-state index contributed by atoms with van der Waals surface area (Å²) in [5, 5.41) is 13.0. The molecule has 0 heterocycles. The highest BCUT2D eigenvalue weighted by atomic mass is 16.3. The molecule has 2 heteroatoms. The number of aliphatic hydroxyl groups is 1. The molecule has 1 aromatic carbocycles. The van der Waals surface area contributed by atoms with Gasteiger partial charge in [-0.25, -0.2) is 0 Å². The van der Waals surface area contributed by atoms with Gasteiger partial charge in [0.25, 0.3) is 0 Å². The van der Waals surface area contributed by atoms with E-state index in [-0.39, 0.29) is 0 Å². The minimum absolute atomic E-state index is 0.392. The Bertz CT molecular complexity index is 309. The zero-order valence-corrected chi connectivity index (χ0v) is 9.88. The van der Waals surface area contributed by atoms with Crippen molar-refractivity contribution in [1.29, 1.82) is 0 Å². The predicted octanol–water partition coefficient (Wildman–Crippen LogP) is 2.06. The van der Waals surface area contributed by atoms with Crippen LogP contribution in [0.1, 0.15) is 36.6 Å². The normalized spacial score (nSPS) is 12.8. The lowest BCUT2D eigenvalue weighted by Crippen LogP contribution is -2.18. The van der Waals surface area contributed by atoms with Gasteiger partial charge in [-0.05, 0) is 36.6 Å². The standard InChI is InChI=1S/C13H21NO/c1-4-10-6-7-11(5-2)12(8-10)13(15)9-14-3/h6-8,13-15H,4-5,9H2,1-3H3. The van der Waals surface area contributed by atoms with Gasteiger partial charge in [0.1, 0.15) is 0 Å². The second-order valence-corrected chi connectivity index (χ2v) is 3.81. The molecule has 0 aliphatic rings. The Morgan fingerprint density at radius 2 is 2.00 bits per heavy atom. The van der Waals surface area contributed by atoms with Gasteiger partial charge in [-0.2, -0.15) is 0 Å². The molecule has 84 valence electrons. The van der Waals surface area contributed by atoms with Crippen molar-refractivity contribution in [2.45, 2.75) is 32.8 Å². The van der Waals surface area contributed by atoms with Gasteiger partial charge in [-0.1, -0.05) is 32.0 Å². The van der Waals surface area contributed by atoms with Crippen molar-refractivity contribution < 1.29 is 5.11 Å². The maximum absolute atomic E-state index is 9.99. The van der Waals surface area contributed by atoms with Crippen LogP contribution in [-0.4, -0.2) is 18.7 Å². The van der Waals surface area contributed by atoms with Crippen molar-refractivity contribution >= 4 is 0 Å². The molecular weight excluding hydrogens is 186 g/mol. The van der Waals surface area contributed by atoms with Gasteiger partial charge in [0.05, 0.1) is 6.10 Å². The summed E-state index contributed by atoms with van der Waals surface area (Å²) in [6.07, 6.45) is 1.60. The molecule has 2 nitrogen and oxygen atoms in total. The number of hydrogen-bond donors (Lipinski definition) is 2. The monoisotopic (exact) mass is 207 g/mol. The lowest BCUT2D eigenvalue weighted by Gasteiger charge is -2.15. The van der Waals surface area contributed by atoms with Crippen molar-refractivity contribution in [3.05, 3.63) is 34.9 Å². The van der Waals surface area contributed by atoms with Gasteiger partial charge >= 0.3 is 0 Å². The summed E-state index contributed by atoms with van der Waals surface area (Å²) in [5.41, 5.74) is 3.61. The molecule has 0 aliphatic carbocycles. The maximum atomic E-state index is 9.99. The minimum atomic E-state index is -0.392. The molecule has 1 unspecified atom stereocenters. The summed E-state index contributed by atoms with van der Waals surface area (Å²) < 4.78 is 0. The molecular formula is C13H21NO. The smallest absolute Gasteiger partial charge is 0.0917 e. The average Bonchev–Trinajstić information content (AvgIpc) is 2.28. The first-order valence-electron chi connectivity index (χ1n) is 5.67. The molecule has 0 radical (unpaired) electrons. The van der Waals surface area contributed by atoms with E-state index < -0.39 is 6.10 Å². The molecule has 0 amide bonds. The zero-order valence-electron chi connectivity index (χ0n) is 9.88. The van der Waals surface area contributed by atoms with Crippen LogP contribution in [0, 0.1) is 0 Å². The van der Waals surface area contributed by atoms with Crippen LogP contribution < -0.4 is 5.32 Å². The first kappa shape index (κ1) is 12.2. The van der Waals surface area contributed by atoms with Crippen LogP contribution in [0.3, 0.4) is 0 Å². The van der Waals surface area contributed by atoms with E-state index in [1.54, 1.807) is 0 Å². The average molecular weight is 207 g/mol. The summed E-state index contributed by atoms with van der Waals surface area (Å²) in [6, 6.07) is 6.41. The van der Waals surface area contributed by atoms with E-state index in [4.69, 9.17) is 0 Å². The van der Waals surface area contributed by atoms with Crippen LogP contribution in [0.2, 0.25) is 0 Å². The van der Waals surface area contributed by atoms with E-state index in [0.717, 1.165) is 18.4 Å². The van der Waals surface area contributed by atoms with Crippen molar-refractivity contribution in [3.63, 3.8) is 0 Å². The van der Waals surface area contributed by atoms with E-state index in [1.807, 2.05) is 7.05 Å². The lowest BCUT2D eigenvalue weighted by molar-refractivity contribution is 0.176. The molecule has 0 spiro atoms. The first-order valence-corrected chi connectivity index (χ1v) is 5.67. The number of benzene rings is 1. The van der Waals surface area contributed by atoms with E-state index in [9.17, 15) is 5.11 Å². The number of aliphatic hydroxyl groups excluding tert-OH is 1. The fourth-order valence-electron chi connectivity index (χ4n) is 1.80. The van der Waals surface area contributed by atoms with Crippen LogP contribution >= 0.6 is 0 Å². The van der Waals surface area contributed by atoms with Crippen molar-refractivity contribution in [3.8, 4) is 0 Å². The summed E-state index contributed by atoms with van der Waals surface area (Å²) >= 11 is 0. The van der Waals surface area contributed by atoms with Gasteiger partial charge < -0.3 is 10.4 Å². The molecule has 0 saturated carbocycles. The number of nitrogens with one attached hydrogen (secondary N) is 1. The topological polar surface area (TPSA) is 32.3 Å². The lowest BCUT2D eigenvalue weighted by atomic mass is 9.97. The minimum Gasteiger partial charge on any atom is -0.387 e. The fraction of sp³-hybridized carbons (Fsp3) is 0.538. The quantitative estimate of drug-likeness (QED) is 0.774. The Kier molecular flexibility index (Phi) is 4.79. The van der Waals surface area contributed by atoms with Crippen molar-refractivity contribution in [1.82, 2.24) is 5.32 Å². The van der Waals surface area contributed by atoms with Crippen molar-refractivity contribution in [2.75, 3.05) is 13.6 Å². The molecule has 0 saturated heterocycles. The fourth-order valence-corrected chi connectivity index (χ4v) is 1.80. The molecule has 0 aromatic heterocycles. The van der Waals surface area contributed by atoms with E-state index in [2.05, 4.69) is 37.4 Å². The third-order valence-electron chi connectivity index (χ3n) is 2.76. The number of hydrogen-bond acceptors (Lipinski definition) is 2. The van der Waals surface area contributed by atoms with Gasteiger partial charge in [0.15, 0.2) is 0 Å². The van der Waals surface area contributed by atoms with Crippen LogP contribution in [-0.2, 0) is 12.8 Å². The summed E-state index contributed by atoms with van der Waals surface area (Å²) in [4.78, 5) is 0. The molecule has 1 atom stereocenters. The molecule has 1 aromatic rings. The number of likely N-dealkylation sites (N-methyl/N-ethyl adjacent to an activating group) is 1. The van der Waals surface area contributed by atoms with Crippen molar-refractivity contribution in [2.24, 2.45) is 0 Å². The van der Waals surface area contributed by atoms with Crippen LogP contribution in [0.15, 0.2) is 18.2 Å². The van der Waals surface area contributed by atoms with Gasteiger partial charge in [-0.15, -0.1) is 0 Å². The first-order chi connectivity index (χ1) is 7.22. The maximum Gasteiger partial charge on any atom is 0.0917 e. The summed E-state index contributed by atoms with van der Waals surface area (Å²) in [5.74, 6) is 0. The third kappa shape index (κ3) is 3.05. The van der Waals surface area contributed by atoms with Crippen LogP contribution in [0.5, 0.6) is 0 Å². The van der Waals surface area contributed by atoms with Gasteiger partial charge in [0.2, 0.25) is 0 Å². The second kappa shape index (κ2) is 5.89. The molecule has 0 bridgehead atoms. The summed E-state index contributed by atoms with van der Waals surface area (Å²) in [6.45, 7) is 4.87. The Morgan fingerprint density at radius 1 is 1.27 bits per heavy atom. The van der Waals surface area contributed by atoms with Crippen LogP contribution in [0.4, 0.5) is 0 Å². The van der Waals surface area contributed by atoms with Gasteiger partial charge in [-0.3, -0.25) is 0 Å². The Labute approximate surface area is 92.3 Å². The molecule has 0 aliphatic heterocycles. The Hall–Kier alpha value is -0.860. The summed E-state index contributed by atoms with van der Waals surface area (Å²) in [7, 11) is 1.86. The zero-order chi connectivity index (χ0) is 11.3.